The number of rotatable bonds is 1. The van der Waals surface area contributed by atoms with Crippen molar-refractivity contribution in [2.24, 2.45) is 0 Å². The molecule has 0 amide bonds. The number of nitrogens with one attached hydrogen (secondary N) is 2. The van der Waals surface area contributed by atoms with Crippen LogP contribution in [0.2, 0.25) is 5.02 Å². The van der Waals surface area contributed by atoms with Crippen LogP contribution in [0.4, 0.5) is 4.39 Å². The summed E-state index contributed by atoms with van der Waals surface area (Å²) in [6.07, 6.45) is 0. The lowest BCUT2D eigenvalue weighted by Gasteiger charge is -2.02. The van der Waals surface area contributed by atoms with E-state index in [2.05, 4.69) is 10.2 Å². The molecule has 15 heavy (non-hydrogen) atoms. The van der Waals surface area contributed by atoms with Crippen LogP contribution in [-0.4, -0.2) is 14.8 Å². The first-order valence-corrected chi connectivity index (χ1v) is 4.73. The summed E-state index contributed by atoms with van der Waals surface area (Å²) >= 11 is 10.7. The van der Waals surface area contributed by atoms with E-state index in [9.17, 15) is 9.18 Å². The van der Waals surface area contributed by atoms with E-state index < -0.39 is 11.5 Å². The molecule has 0 bridgehead atoms. The quantitative estimate of drug-likeness (QED) is 0.756. The van der Waals surface area contributed by atoms with E-state index in [-0.39, 0.29) is 15.5 Å². The van der Waals surface area contributed by atoms with Crippen LogP contribution in [0.3, 0.4) is 0 Å². The van der Waals surface area contributed by atoms with Crippen molar-refractivity contribution in [3.63, 3.8) is 0 Å². The summed E-state index contributed by atoms with van der Waals surface area (Å²) in [5, 5.41) is 4.97. The van der Waals surface area contributed by atoms with Gasteiger partial charge in [0.2, 0.25) is 4.77 Å². The Bertz CT molecular complexity index is 587. The fraction of sp³-hybridized carbons (Fsp3) is 0. The minimum absolute atomic E-state index is 0.132. The molecule has 0 spiro atoms. The summed E-state index contributed by atoms with van der Waals surface area (Å²) in [6, 6.07) is 3.71. The lowest BCUT2D eigenvalue weighted by molar-refractivity contribution is 0.626. The number of aromatic nitrogens is 3. The molecular formula is C8H5ClFN3OS. The van der Waals surface area contributed by atoms with Crippen LogP contribution in [-0.2, 0) is 0 Å². The second-order valence-electron chi connectivity index (χ2n) is 2.79. The molecular weight excluding hydrogens is 241 g/mol. The highest BCUT2D eigenvalue weighted by molar-refractivity contribution is 7.71. The Morgan fingerprint density at radius 1 is 1.40 bits per heavy atom. The molecule has 2 aromatic rings. The maximum Gasteiger partial charge on any atom is 0.347 e. The Morgan fingerprint density at radius 2 is 2.13 bits per heavy atom. The van der Waals surface area contributed by atoms with Crippen molar-refractivity contribution < 1.29 is 4.39 Å². The zero-order valence-corrected chi connectivity index (χ0v) is 8.82. The average Bonchev–Trinajstić information content (AvgIpc) is 2.51. The van der Waals surface area contributed by atoms with Gasteiger partial charge in [-0.25, -0.2) is 18.9 Å². The molecule has 1 aromatic carbocycles. The van der Waals surface area contributed by atoms with E-state index in [0.717, 1.165) is 10.6 Å². The third-order valence-electron chi connectivity index (χ3n) is 1.83. The number of aromatic amines is 2. The second-order valence-corrected chi connectivity index (χ2v) is 3.59. The van der Waals surface area contributed by atoms with Crippen LogP contribution in [0.1, 0.15) is 0 Å². The van der Waals surface area contributed by atoms with Gasteiger partial charge in [-0.1, -0.05) is 11.6 Å². The SMILES string of the molecule is O=c1[nH][nH]c(=S)n1-c1cc(F)ccc1Cl. The topological polar surface area (TPSA) is 53.6 Å². The van der Waals surface area contributed by atoms with Gasteiger partial charge in [0, 0.05) is 0 Å². The van der Waals surface area contributed by atoms with Gasteiger partial charge in [-0.2, -0.15) is 0 Å². The molecule has 2 rings (SSSR count). The van der Waals surface area contributed by atoms with Crippen molar-refractivity contribution in [3.8, 4) is 5.69 Å². The predicted octanol–water partition coefficient (Wildman–Crippen LogP) is 2.02. The smallest absolute Gasteiger partial charge is 0.272 e. The first-order chi connectivity index (χ1) is 7.09. The van der Waals surface area contributed by atoms with Crippen molar-refractivity contribution in [1.82, 2.24) is 14.8 Å². The standard InChI is InChI=1S/C8H5ClFN3OS/c9-5-2-1-4(10)3-6(5)13-7(14)11-12-8(13)15/h1-3H,(H,11,14)(H,12,15). The van der Waals surface area contributed by atoms with E-state index in [0.29, 0.717) is 0 Å². The van der Waals surface area contributed by atoms with Gasteiger partial charge in [0.05, 0.1) is 10.7 Å². The average molecular weight is 246 g/mol. The molecule has 2 N–H and O–H groups in total. The van der Waals surface area contributed by atoms with Gasteiger partial charge in [0.25, 0.3) is 0 Å². The Kier molecular flexibility index (Phi) is 2.45. The molecule has 4 nitrogen and oxygen atoms in total. The first-order valence-electron chi connectivity index (χ1n) is 3.95. The van der Waals surface area contributed by atoms with Gasteiger partial charge in [-0.05, 0) is 30.4 Å². The van der Waals surface area contributed by atoms with E-state index in [4.69, 9.17) is 23.8 Å². The molecule has 0 saturated heterocycles. The highest BCUT2D eigenvalue weighted by Gasteiger charge is 2.08. The van der Waals surface area contributed by atoms with Crippen molar-refractivity contribution >= 4 is 23.8 Å². The maximum absolute atomic E-state index is 13.0. The minimum Gasteiger partial charge on any atom is -0.272 e. The zero-order valence-electron chi connectivity index (χ0n) is 7.25. The summed E-state index contributed by atoms with van der Waals surface area (Å²) in [7, 11) is 0. The number of nitrogens with zero attached hydrogens (tertiary/aromatic N) is 1. The summed E-state index contributed by atoms with van der Waals surface area (Å²) in [4.78, 5) is 11.3. The molecule has 1 heterocycles. The molecule has 0 aliphatic rings. The fourth-order valence-corrected chi connectivity index (χ4v) is 1.62. The Hall–Kier alpha value is -1.40. The summed E-state index contributed by atoms with van der Waals surface area (Å²) in [5.74, 6) is -0.489. The molecule has 0 aliphatic carbocycles. The molecule has 1 aromatic heterocycles. The maximum atomic E-state index is 13.0. The number of halogens is 2. The van der Waals surface area contributed by atoms with E-state index in [1.807, 2.05) is 0 Å². The normalized spacial score (nSPS) is 10.5. The molecule has 0 aliphatic heterocycles. The van der Waals surface area contributed by atoms with Gasteiger partial charge in [-0.3, -0.25) is 5.10 Å². The van der Waals surface area contributed by atoms with Gasteiger partial charge >= 0.3 is 5.69 Å². The lowest BCUT2D eigenvalue weighted by Crippen LogP contribution is -2.15. The molecule has 0 fully saturated rings. The number of hydrogen-bond donors (Lipinski definition) is 2. The molecule has 0 unspecified atom stereocenters. The van der Waals surface area contributed by atoms with Crippen molar-refractivity contribution in [1.29, 1.82) is 0 Å². The summed E-state index contributed by atoms with van der Waals surface area (Å²) in [5.41, 5.74) is -0.281. The largest absolute Gasteiger partial charge is 0.347 e. The van der Waals surface area contributed by atoms with Gasteiger partial charge in [-0.15, -0.1) is 0 Å². The third kappa shape index (κ3) is 1.73. The van der Waals surface area contributed by atoms with Gasteiger partial charge in [0.15, 0.2) is 0 Å². The van der Waals surface area contributed by atoms with Crippen LogP contribution < -0.4 is 5.69 Å². The van der Waals surface area contributed by atoms with Gasteiger partial charge < -0.3 is 0 Å². The Morgan fingerprint density at radius 3 is 2.73 bits per heavy atom. The van der Waals surface area contributed by atoms with Crippen LogP contribution >= 0.6 is 23.8 Å². The molecule has 0 radical (unpaired) electrons. The summed E-state index contributed by atoms with van der Waals surface area (Å²) in [6.45, 7) is 0. The highest BCUT2D eigenvalue weighted by Crippen LogP contribution is 2.19. The fourth-order valence-electron chi connectivity index (χ4n) is 1.19. The minimum atomic E-state index is -0.493. The molecule has 0 saturated carbocycles. The third-order valence-corrected chi connectivity index (χ3v) is 2.44. The van der Waals surface area contributed by atoms with Crippen LogP contribution in [0.15, 0.2) is 23.0 Å². The lowest BCUT2D eigenvalue weighted by atomic mass is 10.3. The van der Waals surface area contributed by atoms with Crippen LogP contribution in [0.5, 0.6) is 0 Å². The van der Waals surface area contributed by atoms with Crippen molar-refractivity contribution in [2.75, 3.05) is 0 Å². The highest BCUT2D eigenvalue weighted by atomic mass is 35.5. The van der Waals surface area contributed by atoms with Crippen LogP contribution in [0.25, 0.3) is 5.69 Å². The molecule has 78 valence electrons. The predicted molar refractivity (Wildman–Crippen MR) is 56.5 cm³/mol. The van der Waals surface area contributed by atoms with E-state index in [1.54, 1.807) is 0 Å². The number of H-pyrrole nitrogens is 2. The number of benzene rings is 1. The van der Waals surface area contributed by atoms with Crippen LogP contribution in [0, 0.1) is 10.6 Å². The van der Waals surface area contributed by atoms with E-state index in [1.165, 1.54) is 12.1 Å². The number of hydrogen-bond acceptors (Lipinski definition) is 2. The first kappa shape index (κ1) is 10.1. The zero-order chi connectivity index (χ0) is 11.0. The van der Waals surface area contributed by atoms with E-state index >= 15 is 0 Å². The van der Waals surface area contributed by atoms with Crippen molar-refractivity contribution in [3.05, 3.63) is 44.3 Å². The Labute approximate surface area is 93.3 Å². The molecule has 0 atom stereocenters. The Balaban J connectivity index is 2.79. The van der Waals surface area contributed by atoms with Gasteiger partial charge in [0.1, 0.15) is 5.82 Å². The summed E-state index contributed by atoms with van der Waals surface area (Å²) < 4.78 is 14.2. The monoisotopic (exact) mass is 245 g/mol. The molecule has 7 heteroatoms. The second kappa shape index (κ2) is 3.63. The van der Waals surface area contributed by atoms with Crippen molar-refractivity contribution in [2.45, 2.75) is 0 Å².